The molecule has 0 radical (unpaired) electrons. The van der Waals surface area contributed by atoms with Crippen LogP contribution in [0, 0.1) is 0 Å². The molecule has 7 heteroatoms. The lowest BCUT2D eigenvalue weighted by atomic mass is 10.5. The van der Waals surface area contributed by atoms with Gasteiger partial charge in [-0.2, -0.15) is 8.42 Å². The molecule has 0 aliphatic rings. The van der Waals surface area contributed by atoms with E-state index < -0.39 is 10.1 Å². The predicted molar refractivity (Wildman–Crippen MR) is 50.0 cm³/mol. The summed E-state index contributed by atoms with van der Waals surface area (Å²) in [5.74, 6) is -0.227. The van der Waals surface area contributed by atoms with E-state index >= 15 is 0 Å². The summed E-state index contributed by atoms with van der Waals surface area (Å²) < 4.78 is 30.9. The Balaban J connectivity index is 2.41. The third-order valence-electron chi connectivity index (χ3n) is 1.51. The van der Waals surface area contributed by atoms with Crippen LogP contribution < -0.4 is 10.3 Å². The van der Waals surface area contributed by atoms with Gasteiger partial charge in [0.2, 0.25) is 0 Å². The lowest BCUT2D eigenvalue weighted by molar-refractivity contribution is -0.678. The molecule has 74 valence electrons. The molecule has 0 atom stereocenters. The second-order valence-electron chi connectivity index (χ2n) is 2.57. The molecule has 0 amide bonds. The van der Waals surface area contributed by atoms with Crippen LogP contribution in [0.5, 0.6) is 0 Å². The fourth-order valence-corrected chi connectivity index (χ4v) is 2.05. The number of aromatic nitrogens is 1. The number of nitrogen functional groups attached to an aromatic ring is 1. The van der Waals surface area contributed by atoms with Gasteiger partial charge in [0.15, 0.2) is 0 Å². The van der Waals surface area contributed by atoms with Gasteiger partial charge in [-0.3, -0.25) is 10.3 Å². The van der Waals surface area contributed by atoms with Crippen LogP contribution in [-0.2, 0) is 16.7 Å². The van der Waals surface area contributed by atoms with Crippen molar-refractivity contribution in [2.24, 2.45) is 0 Å². The van der Waals surface area contributed by atoms with E-state index in [0.29, 0.717) is 18.1 Å². The van der Waals surface area contributed by atoms with Crippen molar-refractivity contribution in [1.82, 2.24) is 0 Å². The fourth-order valence-electron chi connectivity index (χ4n) is 0.917. The molecular weight excluding hydrogens is 212 g/mol. The molecule has 0 aliphatic carbocycles. The first-order chi connectivity index (χ1) is 5.99. The number of nitrogens with zero attached hydrogens (tertiary/aromatic N) is 1. The smallest absolute Gasteiger partial charge is 0.286 e. The maximum absolute atomic E-state index is 10.4. The quantitative estimate of drug-likeness (QED) is 0.551. The minimum atomic E-state index is -3.84. The average Bonchev–Trinajstić information content (AvgIpc) is 2.34. The minimum absolute atomic E-state index is 0.227. The maximum atomic E-state index is 10.4. The number of hydrogen-bond donors (Lipinski definition) is 2. The molecule has 0 aromatic carbocycles. The largest absolute Gasteiger partial charge is 0.331 e. The Morgan fingerprint density at radius 2 is 2.31 bits per heavy atom. The van der Waals surface area contributed by atoms with Crippen LogP contribution in [0.2, 0.25) is 0 Å². The van der Waals surface area contributed by atoms with E-state index in [1.807, 2.05) is 5.38 Å². The molecule has 13 heavy (non-hydrogen) atoms. The molecule has 0 bridgehead atoms. The van der Waals surface area contributed by atoms with Gasteiger partial charge in [-0.1, -0.05) is 11.3 Å². The molecule has 3 N–H and O–H groups in total. The zero-order chi connectivity index (χ0) is 9.90. The molecule has 0 fully saturated rings. The highest BCUT2D eigenvalue weighted by molar-refractivity contribution is 7.85. The van der Waals surface area contributed by atoms with Crippen LogP contribution >= 0.6 is 11.3 Å². The number of anilines is 1. The molecule has 0 spiro atoms. The molecule has 0 aliphatic heterocycles. The number of aryl methyl sites for hydroxylation is 1. The van der Waals surface area contributed by atoms with Crippen molar-refractivity contribution in [3.8, 4) is 0 Å². The number of thiazole rings is 1. The van der Waals surface area contributed by atoms with Crippen LogP contribution in [0.1, 0.15) is 6.42 Å². The van der Waals surface area contributed by atoms with Gasteiger partial charge in [0, 0.05) is 11.8 Å². The van der Waals surface area contributed by atoms with Gasteiger partial charge >= 0.3 is 5.13 Å². The molecule has 1 aromatic rings. The summed E-state index contributed by atoms with van der Waals surface area (Å²) in [5, 5.41) is 2.46. The monoisotopic (exact) mass is 223 g/mol. The average molecular weight is 223 g/mol. The van der Waals surface area contributed by atoms with Crippen molar-refractivity contribution >= 4 is 26.6 Å². The molecule has 1 heterocycles. The van der Waals surface area contributed by atoms with Gasteiger partial charge in [-0.05, 0) is 0 Å². The summed E-state index contributed by atoms with van der Waals surface area (Å²) in [7, 11) is -3.84. The Hall–Kier alpha value is -0.660. The summed E-state index contributed by atoms with van der Waals surface area (Å²) in [6, 6.07) is 0. The molecule has 0 saturated heterocycles. The first kappa shape index (κ1) is 10.4. The predicted octanol–water partition coefficient (Wildman–Crippen LogP) is -0.104. The van der Waals surface area contributed by atoms with Gasteiger partial charge in [0.05, 0.1) is 12.3 Å². The second-order valence-corrected chi connectivity index (χ2v) is 5.07. The van der Waals surface area contributed by atoms with Crippen LogP contribution in [0.25, 0.3) is 0 Å². The molecular formula is C6H11N2O3S2+. The van der Waals surface area contributed by atoms with Crippen molar-refractivity contribution in [2.45, 2.75) is 13.0 Å². The van der Waals surface area contributed by atoms with Crippen LogP contribution in [-0.4, -0.2) is 18.7 Å². The van der Waals surface area contributed by atoms with Gasteiger partial charge in [-0.25, -0.2) is 4.57 Å². The number of hydrogen-bond acceptors (Lipinski definition) is 4. The van der Waals surface area contributed by atoms with Crippen molar-refractivity contribution in [1.29, 1.82) is 0 Å². The number of nitrogens with two attached hydrogens (primary N) is 1. The second kappa shape index (κ2) is 4.03. The normalized spacial score (nSPS) is 11.8. The lowest BCUT2D eigenvalue weighted by Gasteiger charge is -1.96. The summed E-state index contributed by atoms with van der Waals surface area (Å²) in [6.45, 7) is 0.509. The van der Waals surface area contributed by atoms with Crippen molar-refractivity contribution < 1.29 is 17.5 Å². The van der Waals surface area contributed by atoms with E-state index in [0.717, 1.165) is 0 Å². The Bertz CT molecular complexity index is 371. The third kappa shape index (κ3) is 3.71. The topological polar surface area (TPSA) is 84.3 Å². The van der Waals surface area contributed by atoms with E-state index in [1.165, 1.54) is 11.3 Å². The van der Waals surface area contributed by atoms with Gasteiger partial charge in [0.25, 0.3) is 10.1 Å². The molecule has 1 aromatic heterocycles. The minimum Gasteiger partial charge on any atom is -0.286 e. The van der Waals surface area contributed by atoms with Crippen molar-refractivity contribution in [3.05, 3.63) is 11.6 Å². The van der Waals surface area contributed by atoms with Gasteiger partial charge in [-0.15, -0.1) is 0 Å². The first-order valence-corrected chi connectivity index (χ1v) is 6.15. The van der Waals surface area contributed by atoms with Crippen molar-refractivity contribution in [2.75, 3.05) is 11.5 Å². The summed E-state index contributed by atoms with van der Waals surface area (Å²) in [5.41, 5.74) is 5.56. The highest BCUT2D eigenvalue weighted by Crippen LogP contribution is 2.03. The zero-order valence-corrected chi connectivity index (χ0v) is 8.51. The van der Waals surface area contributed by atoms with Crippen LogP contribution in [0.3, 0.4) is 0 Å². The zero-order valence-electron chi connectivity index (χ0n) is 6.88. The molecule has 5 nitrogen and oxygen atoms in total. The number of rotatable bonds is 4. The molecule has 0 unspecified atom stereocenters. The standard InChI is InChI=1S/C6H10N2O3S2/c7-6-8(3-4-12-6)2-1-5-13(9,10)11/h3-4,7H,1-2,5H2,(H,9,10,11)/p+1. The SMILES string of the molecule is Nc1scc[n+]1CCCS(=O)(=O)O. The van der Waals surface area contributed by atoms with Crippen molar-refractivity contribution in [3.63, 3.8) is 0 Å². The van der Waals surface area contributed by atoms with Gasteiger partial charge in [0.1, 0.15) is 6.20 Å². The molecule has 0 saturated carbocycles. The van der Waals surface area contributed by atoms with Crippen LogP contribution in [0.15, 0.2) is 11.6 Å². The highest BCUT2D eigenvalue weighted by Gasteiger charge is 2.08. The Labute approximate surface area is 80.6 Å². The van der Waals surface area contributed by atoms with Crippen LogP contribution in [0.4, 0.5) is 5.13 Å². The Morgan fingerprint density at radius 1 is 1.62 bits per heavy atom. The Kier molecular flexibility index (Phi) is 3.23. The third-order valence-corrected chi connectivity index (χ3v) is 3.05. The summed E-state index contributed by atoms with van der Waals surface area (Å²) in [6.07, 6.45) is 2.15. The fraction of sp³-hybridized carbons (Fsp3) is 0.500. The first-order valence-electron chi connectivity index (χ1n) is 3.66. The van der Waals surface area contributed by atoms with Gasteiger partial charge < -0.3 is 0 Å². The highest BCUT2D eigenvalue weighted by atomic mass is 32.2. The van der Waals surface area contributed by atoms with E-state index in [4.69, 9.17) is 10.3 Å². The molecule has 1 rings (SSSR count). The van der Waals surface area contributed by atoms with E-state index in [9.17, 15) is 8.42 Å². The summed E-state index contributed by atoms with van der Waals surface area (Å²) in [4.78, 5) is 0. The van der Waals surface area contributed by atoms with E-state index in [2.05, 4.69) is 0 Å². The maximum Gasteiger partial charge on any atom is 0.331 e. The lowest BCUT2D eigenvalue weighted by Crippen LogP contribution is -2.34. The summed E-state index contributed by atoms with van der Waals surface area (Å²) >= 11 is 1.39. The van der Waals surface area contributed by atoms with E-state index in [-0.39, 0.29) is 5.75 Å². The van der Waals surface area contributed by atoms with E-state index in [1.54, 1.807) is 10.8 Å². The Morgan fingerprint density at radius 3 is 2.77 bits per heavy atom.